The lowest BCUT2D eigenvalue weighted by atomic mass is 10.2. The molecular weight excluding hydrogens is 251 g/mol. The average molecular weight is 256 g/mol. The minimum Gasteiger partial charge on any atom is -0.253 e. The summed E-state index contributed by atoms with van der Waals surface area (Å²) in [6.45, 7) is 1.65. The van der Waals surface area contributed by atoms with E-state index in [2.05, 4.69) is 20.9 Å². The predicted molar refractivity (Wildman–Crippen MR) is 46.6 cm³/mol. The summed E-state index contributed by atoms with van der Waals surface area (Å²) in [5.74, 6) is 0. The smallest absolute Gasteiger partial charge is 0.253 e. The van der Waals surface area contributed by atoms with Crippen molar-refractivity contribution in [2.45, 2.75) is 13.3 Å². The third-order valence-electron chi connectivity index (χ3n) is 1.44. The molecular formula is C7H5BrClF2N. The lowest BCUT2D eigenvalue weighted by molar-refractivity contribution is 0.145. The number of hydrogen-bond acceptors (Lipinski definition) is 1. The van der Waals surface area contributed by atoms with Gasteiger partial charge in [-0.25, -0.2) is 8.78 Å². The quantitative estimate of drug-likeness (QED) is 0.746. The van der Waals surface area contributed by atoms with Crippen molar-refractivity contribution in [1.29, 1.82) is 0 Å². The molecule has 66 valence electrons. The lowest BCUT2D eigenvalue weighted by Gasteiger charge is -2.05. The van der Waals surface area contributed by atoms with Crippen molar-refractivity contribution in [3.05, 3.63) is 26.9 Å². The van der Waals surface area contributed by atoms with Crippen molar-refractivity contribution in [2.75, 3.05) is 0 Å². The normalized spacial score (nSPS) is 10.8. The van der Waals surface area contributed by atoms with Crippen LogP contribution in [0.2, 0.25) is 5.02 Å². The highest BCUT2D eigenvalue weighted by Crippen LogP contribution is 2.31. The van der Waals surface area contributed by atoms with Crippen molar-refractivity contribution in [1.82, 2.24) is 4.98 Å². The Hall–Kier alpha value is -0.220. The van der Waals surface area contributed by atoms with Crippen molar-refractivity contribution in [3.63, 3.8) is 0 Å². The summed E-state index contributed by atoms with van der Waals surface area (Å²) in [5, 5.41) is 0.381. The van der Waals surface area contributed by atoms with E-state index < -0.39 is 6.43 Å². The van der Waals surface area contributed by atoms with E-state index >= 15 is 0 Å². The number of aromatic nitrogens is 1. The Kier molecular flexibility index (Phi) is 3.01. The first-order valence-electron chi connectivity index (χ1n) is 3.12. The minimum absolute atomic E-state index is 0.267. The Bertz CT molecular complexity index is 304. The molecule has 1 heterocycles. The average Bonchev–Trinajstić information content (AvgIpc) is 2.00. The van der Waals surface area contributed by atoms with Gasteiger partial charge in [0.15, 0.2) is 0 Å². The SMILES string of the molecule is Cc1c(Cl)cnc(C(F)F)c1Br. The summed E-state index contributed by atoms with van der Waals surface area (Å²) in [4.78, 5) is 3.51. The van der Waals surface area contributed by atoms with E-state index in [-0.39, 0.29) is 10.2 Å². The molecule has 0 amide bonds. The standard InChI is InChI=1S/C7H5BrClF2N/c1-3-4(9)2-12-6(5(3)8)7(10)11/h2,7H,1H3. The molecule has 0 N–H and O–H groups in total. The minimum atomic E-state index is -2.57. The summed E-state index contributed by atoms with van der Waals surface area (Å²) < 4.78 is 24.7. The Morgan fingerprint density at radius 1 is 1.58 bits per heavy atom. The molecule has 0 saturated carbocycles. The van der Waals surface area contributed by atoms with Crippen LogP contribution in [-0.4, -0.2) is 4.98 Å². The fourth-order valence-corrected chi connectivity index (χ4v) is 1.48. The number of nitrogens with zero attached hydrogens (tertiary/aromatic N) is 1. The van der Waals surface area contributed by atoms with Crippen LogP contribution in [0.4, 0.5) is 8.78 Å². The Morgan fingerprint density at radius 3 is 2.67 bits per heavy atom. The van der Waals surface area contributed by atoms with Gasteiger partial charge in [-0.3, -0.25) is 4.98 Å². The molecule has 0 spiro atoms. The molecule has 0 radical (unpaired) electrons. The molecule has 1 aromatic rings. The van der Waals surface area contributed by atoms with Crippen LogP contribution in [0.3, 0.4) is 0 Å². The number of alkyl halides is 2. The molecule has 12 heavy (non-hydrogen) atoms. The first kappa shape index (κ1) is 9.86. The molecule has 1 nitrogen and oxygen atoms in total. The van der Waals surface area contributed by atoms with Crippen molar-refractivity contribution in [2.24, 2.45) is 0 Å². The van der Waals surface area contributed by atoms with Crippen LogP contribution in [-0.2, 0) is 0 Å². The first-order valence-corrected chi connectivity index (χ1v) is 4.29. The summed E-state index contributed by atoms with van der Waals surface area (Å²) in [5.41, 5.74) is 0.318. The second-order valence-electron chi connectivity index (χ2n) is 2.23. The highest BCUT2D eigenvalue weighted by atomic mass is 79.9. The monoisotopic (exact) mass is 255 g/mol. The summed E-state index contributed by atoms with van der Waals surface area (Å²) >= 11 is 8.66. The number of rotatable bonds is 1. The van der Waals surface area contributed by atoms with Gasteiger partial charge in [-0.15, -0.1) is 0 Å². The van der Waals surface area contributed by atoms with Gasteiger partial charge in [0.2, 0.25) is 0 Å². The Morgan fingerprint density at radius 2 is 2.17 bits per heavy atom. The van der Waals surface area contributed by atoms with E-state index in [4.69, 9.17) is 11.6 Å². The molecule has 0 saturated heterocycles. The van der Waals surface area contributed by atoms with Crippen LogP contribution < -0.4 is 0 Å². The van der Waals surface area contributed by atoms with Gasteiger partial charge in [-0.05, 0) is 28.4 Å². The van der Waals surface area contributed by atoms with Crippen LogP contribution >= 0.6 is 27.5 Å². The van der Waals surface area contributed by atoms with Crippen molar-refractivity contribution in [3.8, 4) is 0 Å². The lowest BCUT2D eigenvalue weighted by Crippen LogP contribution is -1.94. The van der Waals surface area contributed by atoms with Gasteiger partial charge in [0, 0.05) is 10.7 Å². The molecule has 0 unspecified atom stereocenters. The van der Waals surface area contributed by atoms with E-state index in [1.54, 1.807) is 6.92 Å². The fourth-order valence-electron chi connectivity index (χ4n) is 0.729. The van der Waals surface area contributed by atoms with Crippen LogP contribution in [0.5, 0.6) is 0 Å². The molecule has 5 heteroatoms. The van der Waals surface area contributed by atoms with Crippen LogP contribution in [0.1, 0.15) is 17.7 Å². The van der Waals surface area contributed by atoms with Crippen LogP contribution in [0, 0.1) is 6.92 Å². The number of hydrogen-bond donors (Lipinski definition) is 0. The molecule has 0 aliphatic heterocycles. The highest BCUT2D eigenvalue weighted by molar-refractivity contribution is 9.10. The molecule has 0 aliphatic carbocycles. The van der Waals surface area contributed by atoms with Crippen LogP contribution in [0.25, 0.3) is 0 Å². The third-order valence-corrected chi connectivity index (χ3v) is 2.82. The van der Waals surface area contributed by atoms with Gasteiger partial charge in [-0.1, -0.05) is 11.6 Å². The van der Waals surface area contributed by atoms with E-state index in [0.717, 1.165) is 0 Å². The van der Waals surface area contributed by atoms with Gasteiger partial charge in [-0.2, -0.15) is 0 Å². The second kappa shape index (κ2) is 3.66. The molecule has 1 rings (SSSR count). The molecule has 1 aromatic heterocycles. The summed E-state index contributed by atoms with van der Waals surface area (Å²) in [6.07, 6.45) is -1.35. The van der Waals surface area contributed by atoms with Gasteiger partial charge >= 0.3 is 0 Å². The number of halogens is 4. The molecule has 0 aliphatic rings. The van der Waals surface area contributed by atoms with E-state index in [9.17, 15) is 8.78 Å². The van der Waals surface area contributed by atoms with Crippen molar-refractivity contribution >= 4 is 27.5 Å². The largest absolute Gasteiger partial charge is 0.281 e. The topological polar surface area (TPSA) is 12.9 Å². The third kappa shape index (κ3) is 1.75. The summed E-state index contributed by atoms with van der Waals surface area (Å²) in [7, 11) is 0. The van der Waals surface area contributed by atoms with Crippen LogP contribution in [0.15, 0.2) is 10.7 Å². The number of pyridine rings is 1. The molecule has 0 atom stereocenters. The maximum atomic E-state index is 12.2. The highest BCUT2D eigenvalue weighted by Gasteiger charge is 2.15. The Labute approximate surface area is 81.9 Å². The van der Waals surface area contributed by atoms with Crippen molar-refractivity contribution < 1.29 is 8.78 Å². The van der Waals surface area contributed by atoms with Gasteiger partial charge < -0.3 is 0 Å². The molecule has 0 fully saturated rings. The Balaban J connectivity index is 3.27. The van der Waals surface area contributed by atoms with E-state index in [1.807, 2.05) is 0 Å². The summed E-state index contributed by atoms with van der Waals surface area (Å²) in [6, 6.07) is 0. The van der Waals surface area contributed by atoms with Gasteiger partial charge in [0.1, 0.15) is 5.69 Å². The maximum Gasteiger partial charge on any atom is 0.281 e. The first-order chi connectivity index (χ1) is 5.54. The molecule has 0 bridgehead atoms. The van der Waals surface area contributed by atoms with Gasteiger partial charge in [0.05, 0.1) is 5.02 Å². The zero-order valence-electron chi connectivity index (χ0n) is 6.11. The van der Waals surface area contributed by atoms with Gasteiger partial charge in [0.25, 0.3) is 6.43 Å². The maximum absolute atomic E-state index is 12.2. The second-order valence-corrected chi connectivity index (χ2v) is 3.43. The fraction of sp³-hybridized carbons (Fsp3) is 0.286. The zero-order valence-corrected chi connectivity index (χ0v) is 8.46. The van der Waals surface area contributed by atoms with E-state index in [1.165, 1.54) is 6.20 Å². The predicted octanol–water partition coefficient (Wildman–Crippen LogP) is 3.74. The zero-order chi connectivity index (χ0) is 9.30. The molecule has 0 aromatic carbocycles. The van der Waals surface area contributed by atoms with E-state index in [0.29, 0.717) is 10.6 Å².